The maximum Gasteiger partial charge on any atom is 0.273 e. The summed E-state index contributed by atoms with van der Waals surface area (Å²) < 4.78 is 0. The third-order valence-corrected chi connectivity index (χ3v) is 2.76. The quantitative estimate of drug-likeness (QED) is 0.459. The van der Waals surface area contributed by atoms with E-state index < -0.39 is 4.92 Å². The molecule has 0 saturated carbocycles. The maximum atomic E-state index is 11.0. The van der Waals surface area contributed by atoms with Gasteiger partial charge in [-0.1, -0.05) is 27.7 Å². The molecular formula is C13H17NO3. The van der Waals surface area contributed by atoms with Gasteiger partial charge in [0.15, 0.2) is 6.29 Å². The van der Waals surface area contributed by atoms with Gasteiger partial charge in [-0.15, -0.1) is 0 Å². The first-order valence-electron chi connectivity index (χ1n) is 5.58. The summed E-state index contributed by atoms with van der Waals surface area (Å²) in [6, 6.07) is 3.16. The monoisotopic (exact) mass is 235 g/mol. The van der Waals surface area contributed by atoms with Crippen LogP contribution >= 0.6 is 0 Å². The summed E-state index contributed by atoms with van der Waals surface area (Å²) >= 11 is 0. The first kappa shape index (κ1) is 13.4. The van der Waals surface area contributed by atoms with E-state index in [2.05, 4.69) is 0 Å². The lowest BCUT2D eigenvalue weighted by Crippen LogP contribution is -2.15. The van der Waals surface area contributed by atoms with Gasteiger partial charge in [0.1, 0.15) is 0 Å². The fourth-order valence-electron chi connectivity index (χ4n) is 1.85. The average molecular weight is 235 g/mol. The minimum Gasteiger partial charge on any atom is -0.298 e. The Hall–Kier alpha value is -1.71. The molecule has 0 aliphatic heterocycles. The molecular weight excluding hydrogens is 218 g/mol. The summed E-state index contributed by atoms with van der Waals surface area (Å²) in [6.07, 6.45) is 1.27. The molecule has 0 bridgehead atoms. The molecule has 0 spiro atoms. The standard InChI is InChI=1S/C13H17NO3/c1-5-9-6-11(13(2,3)4)10(8-15)7-12(9)14(16)17/h6-8H,5H2,1-4H3. The fourth-order valence-corrected chi connectivity index (χ4v) is 1.85. The number of aryl methyl sites for hydroxylation is 1. The van der Waals surface area contributed by atoms with E-state index in [1.54, 1.807) is 6.07 Å². The molecule has 92 valence electrons. The molecule has 1 aromatic rings. The van der Waals surface area contributed by atoms with Crippen LogP contribution in [-0.4, -0.2) is 11.2 Å². The van der Waals surface area contributed by atoms with Crippen LogP contribution in [0.15, 0.2) is 12.1 Å². The summed E-state index contributed by atoms with van der Waals surface area (Å²) in [7, 11) is 0. The van der Waals surface area contributed by atoms with E-state index in [0.717, 1.165) is 5.56 Å². The molecule has 0 heterocycles. The number of carbonyl (C=O) groups is 1. The molecule has 0 N–H and O–H groups in total. The number of aldehydes is 1. The molecule has 4 heteroatoms. The van der Waals surface area contributed by atoms with Gasteiger partial charge in [-0.05, 0) is 23.5 Å². The zero-order valence-corrected chi connectivity index (χ0v) is 10.6. The highest BCUT2D eigenvalue weighted by Gasteiger charge is 2.23. The lowest BCUT2D eigenvalue weighted by Gasteiger charge is -2.21. The minimum atomic E-state index is -0.432. The van der Waals surface area contributed by atoms with Gasteiger partial charge in [0.05, 0.1) is 4.92 Å². The predicted octanol–water partition coefficient (Wildman–Crippen LogP) is 3.27. The molecule has 1 rings (SSSR count). The lowest BCUT2D eigenvalue weighted by molar-refractivity contribution is -0.385. The second-order valence-corrected chi connectivity index (χ2v) is 5.05. The molecule has 0 unspecified atom stereocenters. The Kier molecular flexibility index (Phi) is 3.66. The van der Waals surface area contributed by atoms with Crippen molar-refractivity contribution in [2.24, 2.45) is 0 Å². The second kappa shape index (κ2) is 4.65. The van der Waals surface area contributed by atoms with Gasteiger partial charge in [0.2, 0.25) is 0 Å². The van der Waals surface area contributed by atoms with Gasteiger partial charge in [0, 0.05) is 17.2 Å². The van der Waals surface area contributed by atoms with Crippen molar-refractivity contribution >= 4 is 12.0 Å². The molecule has 0 radical (unpaired) electrons. The maximum absolute atomic E-state index is 11.0. The minimum absolute atomic E-state index is 0.0302. The molecule has 0 fully saturated rings. The van der Waals surface area contributed by atoms with E-state index in [0.29, 0.717) is 23.8 Å². The topological polar surface area (TPSA) is 60.2 Å². The Bertz CT molecular complexity index is 458. The summed E-state index contributed by atoms with van der Waals surface area (Å²) in [5, 5.41) is 10.9. The van der Waals surface area contributed by atoms with Gasteiger partial charge in [-0.2, -0.15) is 0 Å². The largest absolute Gasteiger partial charge is 0.298 e. The third kappa shape index (κ3) is 2.70. The van der Waals surface area contributed by atoms with Gasteiger partial charge in [0.25, 0.3) is 5.69 Å². The molecule has 0 aliphatic carbocycles. The van der Waals surface area contributed by atoms with Gasteiger partial charge >= 0.3 is 0 Å². The van der Waals surface area contributed by atoms with Crippen LogP contribution in [0.25, 0.3) is 0 Å². The summed E-state index contributed by atoms with van der Waals surface area (Å²) in [5.74, 6) is 0. The van der Waals surface area contributed by atoms with Crippen LogP contribution in [0.4, 0.5) is 5.69 Å². The third-order valence-electron chi connectivity index (χ3n) is 2.76. The number of hydrogen-bond donors (Lipinski definition) is 0. The second-order valence-electron chi connectivity index (χ2n) is 5.05. The Morgan fingerprint density at radius 1 is 1.35 bits per heavy atom. The number of benzene rings is 1. The number of nitro benzene ring substituents is 1. The van der Waals surface area contributed by atoms with E-state index in [-0.39, 0.29) is 11.1 Å². The molecule has 0 saturated heterocycles. The van der Waals surface area contributed by atoms with Crippen molar-refractivity contribution in [3.63, 3.8) is 0 Å². The molecule has 1 aromatic carbocycles. The van der Waals surface area contributed by atoms with Crippen molar-refractivity contribution in [3.8, 4) is 0 Å². The molecule has 0 aliphatic rings. The van der Waals surface area contributed by atoms with Gasteiger partial charge < -0.3 is 0 Å². The van der Waals surface area contributed by atoms with Crippen molar-refractivity contribution in [2.75, 3.05) is 0 Å². The van der Waals surface area contributed by atoms with Crippen molar-refractivity contribution < 1.29 is 9.72 Å². The number of carbonyl (C=O) groups excluding carboxylic acids is 1. The Morgan fingerprint density at radius 2 is 1.94 bits per heavy atom. The van der Waals surface area contributed by atoms with Crippen LogP contribution in [-0.2, 0) is 11.8 Å². The van der Waals surface area contributed by atoms with E-state index in [9.17, 15) is 14.9 Å². The highest BCUT2D eigenvalue weighted by Crippen LogP contribution is 2.31. The highest BCUT2D eigenvalue weighted by molar-refractivity contribution is 5.80. The van der Waals surface area contributed by atoms with Crippen molar-refractivity contribution in [2.45, 2.75) is 39.5 Å². The smallest absolute Gasteiger partial charge is 0.273 e. The SMILES string of the molecule is CCc1cc(C(C)(C)C)c(C=O)cc1[N+](=O)[O-]. The van der Waals surface area contributed by atoms with Crippen molar-refractivity contribution in [3.05, 3.63) is 38.9 Å². The van der Waals surface area contributed by atoms with Crippen LogP contribution in [0.2, 0.25) is 0 Å². The normalized spacial score (nSPS) is 11.3. The number of nitro groups is 1. The first-order valence-corrected chi connectivity index (χ1v) is 5.58. The summed E-state index contributed by atoms with van der Waals surface area (Å²) in [4.78, 5) is 21.5. The zero-order chi connectivity index (χ0) is 13.2. The Balaban J connectivity index is 3.54. The Morgan fingerprint density at radius 3 is 2.29 bits per heavy atom. The van der Waals surface area contributed by atoms with E-state index in [1.165, 1.54) is 6.07 Å². The number of rotatable bonds is 3. The van der Waals surface area contributed by atoms with Gasteiger partial charge in [-0.25, -0.2) is 0 Å². The summed E-state index contributed by atoms with van der Waals surface area (Å²) in [5.41, 5.74) is 1.76. The van der Waals surface area contributed by atoms with E-state index >= 15 is 0 Å². The molecule has 17 heavy (non-hydrogen) atoms. The van der Waals surface area contributed by atoms with Crippen LogP contribution in [0, 0.1) is 10.1 Å². The van der Waals surface area contributed by atoms with Crippen LogP contribution in [0.5, 0.6) is 0 Å². The molecule has 4 nitrogen and oxygen atoms in total. The zero-order valence-electron chi connectivity index (χ0n) is 10.6. The highest BCUT2D eigenvalue weighted by atomic mass is 16.6. The fraction of sp³-hybridized carbons (Fsp3) is 0.462. The van der Waals surface area contributed by atoms with Crippen LogP contribution in [0.3, 0.4) is 0 Å². The summed E-state index contributed by atoms with van der Waals surface area (Å²) in [6.45, 7) is 7.83. The van der Waals surface area contributed by atoms with Crippen molar-refractivity contribution in [1.29, 1.82) is 0 Å². The average Bonchev–Trinajstić information content (AvgIpc) is 2.25. The Labute approximate surface area is 101 Å². The van der Waals surface area contributed by atoms with Crippen LogP contribution in [0.1, 0.15) is 49.2 Å². The van der Waals surface area contributed by atoms with Crippen molar-refractivity contribution in [1.82, 2.24) is 0 Å². The van der Waals surface area contributed by atoms with Gasteiger partial charge in [-0.3, -0.25) is 14.9 Å². The number of hydrogen-bond acceptors (Lipinski definition) is 3. The van der Waals surface area contributed by atoms with E-state index in [1.807, 2.05) is 27.7 Å². The molecule has 0 atom stereocenters. The van der Waals surface area contributed by atoms with E-state index in [4.69, 9.17) is 0 Å². The van der Waals surface area contributed by atoms with Crippen LogP contribution < -0.4 is 0 Å². The molecule has 0 aromatic heterocycles. The predicted molar refractivity (Wildman–Crippen MR) is 66.6 cm³/mol. The first-order chi connectivity index (χ1) is 7.81. The lowest BCUT2D eigenvalue weighted by atomic mass is 9.82. The molecule has 0 amide bonds. The number of nitrogens with zero attached hydrogens (tertiary/aromatic N) is 1.